The third-order valence-corrected chi connectivity index (χ3v) is 5.24. The molecule has 0 atom stereocenters. The van der Waals surface area contributed by atoms with Crippen LogP contribution in [0.15, 0.2) is 72.8 Å². The summed E-state index contributed by atoms with van der Waals surface area (Å²) in [6.45, 7) is 5.61. The standard InChI is InChI=1S/C26H28N2O4/c1-18(29)27-21-12-15-24(31-4)23(16-21)28-25(30)17-32-22-13-10-20(11-14-22)26(2,3)19-8-6-5-7-9-19/h5-16H,17H2,1-4H3,(H,27,29)(H,28,30). The Morgan fingerprint density at radius 1 is 0.875 bits per heavy atom. The Balaban J connectivity index is 1.62. The average Bonchev–Trinajstić information content (AvgIpc) is 2.78. The first kappa shape index (κ1) is 22.9. The van der Waals surface area contributed by atoms with Gasteiger partial charge in [-0.05, 0) is 41.5 Å². The van der Waals surface area contributed by atoms with Crippen molar-refractivity contribution in [3.05, 3.63) is 83.9 Å². The van der Waals surface area contributed by atoms with Crippen molar-refractivity contribution >= 4 is 23.2 Å². The number of methoxy groups -OCH3 is 1. The fourth-order valence-electron chi connectivity index (χ4n) is 3.41. The number of rotatable bonds is 8. The Morgan fingerprint density at radius 3 is 2.16 bits per heavy atom. The number of carbonyl (C=O) groups is 2. The summed E-state index contributed by atoms with van der Waals surface area (Å²) in [6.07, 6.45) is 0. The van der Waals surface area contributed by atoms with Crippen molar-refractivity contribution in [1.29, 1.82) is 0 Å². The number of benzene rings is 3. The molecule has 32 heavy (non-hydrogen) atoms. The van der Waals surface area contributed by atoms with Crippen LogP contribution in [0, 0.1) is 0 Å². The molecular weight excluding hydrogens is 404 g/mol. The van der Waals surface area contributed by atoms with E-state index in [1.807, 2.05) is 42.5 Å². The van der Waals surface area contributed by atoms with E-state index in [0.29, 0.717) is 22.9 Å². The number of ether oxygens (including phenoxy) is 2. The predicted octanol–water partition coefficient (Wildman–Crippen LogP) is 5.00. The maximum atomic E-state index is 12.4. The molecule has 0 saturated carbocycles. The number of anilines is 2. The lowest BCUT2D eigenvalue weighted by Gasteiger charge is -2.26. The van der Waals surface area contributed by atoms with Gasteiger partial charge >= 0.3 is 0 Å². The van der Waals surface area contributed by atoms with Gasteiger partial charge in [0.25, 0.3) is 5.91 Å². The maximum Gasteiger partial charge on any atom is 0.262 e. The first-order valence-electron chi connectivity index (χ1n) is 10.3. The van der Waals surface area contributed by atoms with Crippen LogP contribution in [0.4, 0.5) is 11.4 Å². The van der Waals surface area contributed by atoms with Crippen molar-refractivity contribution in [2.75, 3.05) is 24.4 Å². The van der Waals surface area contributed by atoms with E-state index in [4.69, 9.17) is 9.47 Å². The Morgan fingerprint density at radius 2 is 1.53 bits per heavy atom. The molecule has 3 rings (SSSR count). The summed E-state index contributed by atoms with van der Waals surface area (Å²) in [5, 5.41) is 5.44. The minimum atomic E-state index is -0.336. The van der Waals surface area contributed by atoms with Gasteiger partial charge < -0.3 is 20.1 Å². The summed E-state index contributed by atoms with van der Waals surface area (Å²) >= 11 is 0. The molecule has 0 heterocycles. The molecule has 0 radical (unpaired) electrons. The highest BCUT2D eigenvalue weighted by molar-refractivity contribution is 5.95. The molecule has 0 spiro atoms. The second kappa shape index (κ2) is 10.0. The Bertz CT molecular complexity index is 1080. The van der Waals surface area contributed by atoms with Crippen molar-refractivity contribution < 1.29 is 19.1 Å². The summed E-state index contributed by atoms with van der Waals surface area (Å²) in [7, 11) is 1.51. The minimum Gasteiger partial charge on any atom is -0.495 e. The average molecular weight is 433 g/mol. The lowest BCUT2D eigenvalue weighted by molar-refractivity contribution is -0.118. The highest BCUT2D eigenvalue weighted by Crippen LogP contribution is 2.32. The summed E-state index contributed by atoms with van der Waals surface area (Å²) in [5.41, 5.74) is 3.24. The van der Waals surface area contributed by atoms with Crippen LogP contribution in [-0.4, -0.2) is 25.5 Å². The molecule has 2 N–H and O–H groups in total. The summed E-state index contributed by atoms with van der Waals surface area (Å²) in [4.78, 5) is 23.7. The van der Waals surface area contributed by atoms with Gasteiger partial charge in [0, 0.05) is 18.0 Å². The molecule has 6 nitrogen and oxygen atoms in total. The first-order valence-corrected chi connectivity index (χ1v) is 10.3. The van der Waals surface area contributed by atoms with E-state index in [-0.39, 0.29) is 23.8 Å². The van der Waals surface area contributed by atoms with Gasteiger partial charge in [0.2, 0.25) is 5.91 Å². The van der Waals surface area contributed by atoms with Gasteiger partial charge in [0.05, 0.1) is 12.8 Å². The van der Waals surface area contributed by atoms with E-state index in [1.54, 1.807) is 18.2 Å². The quantitative estimate of drug-likeness (QED) is 0.525. The number of carbonyl (C=O) groups excluding carboxylic acids is 2. The molecule has 2 amide bonds. The van der Waals surface area contributed by atoms with Crippen molar-refractivity contribution in [1.82, 2.24) is 0 Å². The molecule has 3 aromatic rings. The lowest BCUT2D eigenvalue weighted by atomic mass is 9.78. The third kappa shape index (κ3) is 5.66. The molecule has 0 bridgehead atoms. The van der Waals surface area contributed by atoms with E-state index in [1.165, 1.54) is 19.6 Å². The van der Waals surface area contributed by atoms with Crippen molar-refractivity contribution in [3.63, 3.8) is 0 Å². The van der Waals surface area contributed by atoms with Gasteiger partial charge in [-0.3, -0.25) is 9.59 Å². The van der Waals surface area contributed by atoms with Crippen LogP contribution >= 0.6 is 0 Å². The van der Waals surface area contributed by atoms with Gasteiger partial charge in [0.15, 0.2) is 6.61 Å². The summed E-state index contributed by atoms with van der Waals surface area (Å²) in [6, 6.07) is 23.1. The normalized spacial score (nSPS) is 10.9. The van der Waals surface area contributed by atoms with E-state index in [2.05, 4.69) is 36.6 Å². The zero-order chi connectivity index (χ0) is 23.1. The van der Waals surface area contributed by atoms with Gasteiger partial charge in [0.1, 0.15) is 11.5 Å². The minimum absolute atomic E-state index is 0.146. The van der Waals surface area contributed by atoms with Crippen LogP contribution in [0.2, 0.25) is 0 Å². The largest absolute Gasteiger partial charge is 0.495 e. The van der Waals surface area contributed by atoms with Crippen molar-refractivity contribution in [3.8, 4) is 11.5 Å². The molecule has 3 aromatic carbocycles. The number of nitrogens with one attached hydrogen (secondary N) is 2. The zero-order valence-electron chi connectivity index (χ0n) is 18.8. The molecule has 0 saturated heterocycles. The molecule has 0 aromatic heterocycles. The molecule has 0 aliphatic rings. The monoisotopic (exact) mass is 432 g/mol. The van der Waals surface area contributed by atoms with E-state index < -0.39 is 0 Å². The highest BCUT2D eigenvalue weighted by atomic mass is 16.5. The van der Waals surface area contributed by atoms with Crippen LogP contribution in [0.3, 0.4) is 0 Å². The maximum absolute atomic E-state index is 12.4. The van der Waals surface area contributed by atoms with Gasteiger partial charge in [-0.2, -0.15) is 0 Å². The Labute approximate surface area is 188 Å². The van der Waals surface area contributed by atoms with Crippen molar-refractivity contribution in [2.45, 2.75) is 26.2 Å². The third-order valence-electron chi connectivity index (χ3n) is 5.24. The van der Waals surface area contributed by atoms with Crippen LogP contribution in [0.5, 0.6) is 11.5 Å². The number of hydrogen-bond acceptors (Lipinski definition) is 4. The highest BCUT2D eigenvalue weighted by Gasteiger charge is 2.22. The molecule has 0 aliphatic heterocycles. The molecule has 166 valence electrons. The molecule has 6 heteroatoms. The second-order valence-corrected chi connectivity index (χ2v) is 7.95. The SMILES string of the molecule is COc1ccc(NC(C)=O)cc1NC(=O)COc1ccc(C(C)(C)c2ccccc2)cc1. The summed E-state index contributed by atoms with van der Waals surface area (Å²) in [5.74, 6) is 0.554. The molecular formula is C26H28N2O4. The zero-order valence-corrected chi connectivity index (χ0v) is 18.8. The lowest BCUT2D eigenvalue weighted by Crippen LogP contribution is -2.21. The molecule has 0 unspecified atom stereocenters. The predicted molar refractivity (Wildman–Crippen MR) is 126 cm³/mol. The van der Waals surface area contributed by atoms with Crippen LogP contribution in [0.25, 0.3) is 0 Å². The topological polar surface area (TPSA) is 76.7 Å². The fourth-order valence-corrected chi connectivity index (χ4v) is 3.41. The van der Waals surface area contributed by atoms with Gasteiger partial charge in [-0.15, -0.1) is 0 Å². The number of amides is 2. The van der Waals surface area contributed by atoms with Crippen molar-refractivity contribution in [2.24, 2.45) is 0 Å². The van der Waals surface area contributed by atoms with Gasteiger partial charge in [-0.25, -0.2) is 0 Å². The number of hydrogen-bond donors (Lipinski definition) is 2. The van der Waals surface area contributed by atoms with Crippen LogP contribution in [0.1, 0.15) is 31.9 Å². The molecule has 0 aliphatic carbocycles. The molecule has 0 fully saturated rings. The Kier molecular flexibility index (Phi) is 7.15. The second-order valence-electron chi connectivity index (χ2n) is 7.95. The first-order chi connectivity index (χ1) is 15.3. The van der Waals surface area contributed by atoms with E-state index in [0.717, 1.165) is 5.56 Å². The van der Waals surface area contributed by atoms with E-state index >= 15 is 0 Å². The Hall–Kier alpha value is -3.80. The van der Waals surface area contributed by atoms with Crippen LogP contribution in [-0.2, 0) is 15.0 Å². The fraction of sp³-hybridized carbons (Fsp3) is 0.231. The smallest absolute Gasteiger partial charge is 0.262 e. The van der Waals surface area contributed by atoms with E-state index in [9.17, 15) is 9.59 Å². The van der Waals surface area contributed by atoms with Gasteiger partial charge in [-0.1, -0.05) is 56.3 Å². The van der Waals surface area contributed by atoms with Crippen LogP contribution < -0.4 is 20.1 Å². The summed E-state index contributed by atoms with van der Waals surface area (Å²) < 4.78 is 10.9.